The first-order valence-electron chi connectivity index (χ1n) is 6.87. The summed E-state index contributed by atoms with van der Waals surface area (Å²) in [5.41, 5.74) is 0.615. The van der Waals surface area contributed by atoms with Gasteiger partial charge in [0.2, 0.25) is 5.82 Å². The standard InChI is InChI=1S/C13H19F2N3/c14-11(15)12-16-9-18(17-12)8-4-10-3-1-2-5-13(10)6-7-13/h9-11H,1-8H2. The Balaban J connectivity index is 1.56. The van der Waals surface area contributed by atoms with Crippen LogP contribution in [0.15, 0.2) is 6.33 Å². The second-order valence-corrected chi connectivity index (χ2v) is 5.76. The molecular formula is C13H19F2N3. The van der Waals surface area contributed by atoms with Gasteiger partial charge in [-0.2, -0.15) is 0 Å². The smallest absolute Gasteiger partial charge is 0.252 e. The molecule has 0 saturated heterocycles. The molecule has 0 aliphatic heterocycles. The number of alkyl halides is 2. The largest absolute Gasteiger partial charge is 0.299 e. The van der Waals surface area contributed by atoms with Crippen molar-refractivity contribution >= 4 is 0 Å². The number of aromatic nitrogens is 3. The molecule has 18 heavy (non-hydrogen) atoms. The van der Waals surface area contributed by atoms with Crippen LogP contribution in [0.2, 0.25) is 0 Å². The highest BCUT2D eigenvalue weighted by Crippen LogP contribution is 2.60. The molecule has 2 aliphatic carbocycles. The van der Waals surface area contributed by atoms with Crippen LogP contribution in [0.25, 0.3) is 0 Å². The lowest BCUT2D eigenvalue weighted by Crippen LogP contribution is -2.22. The number of hydrogen-bond acceptors (Lipinski definition) is 2. The Hall–Kier alpha value is -1.00. The molecule has 1 spiro atoms. The first kappa shape index (κ1) is 12.1. The van der Waals surface area contributed by atoms with Crippen LogP contribution < -0.4 is 0 Å². The molecular weight excluding hydrogens is 236 g/mol. The highest BCUT2D eigenvalue weighted by Gasteiger charge is 2.49. The van der Waals surface area contributed by atoms with Gasteiger partial charge in [-0.1, -0.05) is 12.8 Å². The van der Waals surface area contributed by atoms with Crippen LogP contribution in [0.4, 0.5) is 8.78 Å². The average Bonchev–Trinajstić information content (AvgIpc) is 2.95. The van der Waals surface area contributed by atoms with Crippen LogP contribution >= 0.6 is 0 Å². The Bertz CT molecular complexity index is 412. The molecule has 1 heterocycles. The van der Waals surface area contributed by atoms with Gasteiger partial charge >= 0.3 is 0 Å². The topological polar surface area (TPSA) is 30.7 Å². The molecule has 2 saturated carbocycles. The summed E-state index contributed by atoms with van der Waals surface area (Å²) in [6.45, 7) is 0.728. The number of hydrogen-bond donors (Lipinski definition) is 0. The summed E-state index contributed by atoms with van der Waals surface area (Å²) in [5.74, 6) is 0.422. The minimum atomic E-state index is -2.56. The van der Waals surface area contributed by atoms with Gasteiger partial charge in [-0.15, -0.1) is 5.10 Å². The quantitative estimate of drug-likeness (QED) is 0.823. The van der Waals surface area contributed by atoms with E-state index in [1.54, 1.807) is 4.68 Å². The zero-order valence-electron chi connectivity index (χ0n) is 10.5. The Kier molecular flexibility index (Phi) is 3.08. The van der Waals surface area contributed by atoms with Gasteiger partial charge in [0.15, 0.2) is 0 Å². The van der Waals surface area contributed by atoms with E-state index in [2.05, 4.69) is 10.1 Å². The molecule has 100 valence electrons. The maximum absolute atomic E-state index is 12.4. The average molecular weight is 255 g/mol. The van der Waals surface area contributed by atoms with E-state index in [1.165, 1.54) is 44.9 Å². The van der Waals surface area contributed by atoms with Crippen molar-refractivity contribution in [2.45, 2.75) is 57.9 Å². The third-order valence-electron chi connectivity index (χ3n) is 4.69. The molecule has 0 amide bonds. The van der Waals surface area contributed by atoms with Crippen molar-refractivity contribution in [2.75, 3.05) is 0 Å². The lowest BCUT2D eigenvalue weighted by atomic mass is 9.75. The summed E-state index contributed by atoms with van der Waals surface area (Å²) in [7, 11) is 0. The molecule has 0 radical (unpaired) electrons. The van der Waals surface area contributed by atoms with Gasteiger partial charge < -0.3 is 0 Å². The van der Waals surface area contributed by atoms with E-state index < -0.39 is 6.43 Å². The van der Waals surface area contributed by atoms with Crippen LogP contribution in [-0.2, 0) is 6.54 Å². The van der Waals surface area contributed by atoms with Crippen molar-refractivity contribution < 1.29 is 8.78 Å². The van der Waals surface area contributed by atoms with Crippen molar-refractivity contribution in [1.82, 2.24) is 14.8 Å². The molecule has 1 unspecified atom stereocenters. The molecule has 5 heteroatoms. The first-order chi connectivity index (χ1) is 8.70. The maximum Gasteiger partial charge on any atom is 0.299 e. The highest BCUT2D eigenvalue weighted by molar-refractivity contribution is 5.00. The number of rotatable bonds is 4. The molecule has 3 nitrogen and oxygen atoms in total. The summed E-state index contributed by atoms with van der Waals surface area (Å²) < 4.78 is 26.3. The van der Waals surface area contributed by atoms with E-state index in [0.717, 1.165) is 18.9 Å². The third-order valence-corrected chi connectivity index (χ3v) is 4.69. The Morgan fingerprint density at radius 2 is 2.17 bits per heavy atom. The summed E-state index contributed by atoms with van der Waals surface area (Å²) in [5, 5.41) is 3.82. The Morgan fingerprint density at radius 1 is 1.33 bits per heavy atom. The van der Waals surface area contributed by atoms with Gasteiger partial charge in [0, 0.05) is 6.54 Å². The molecule has 2 aliphatic rings. The van der Waals surface area contributed by atoms with Crippen LogP contribution in [0, 0.1) is 11.3 Å². The van der Waals surface area contributed by atoms with Crippen molar-refractivity contribution in [2.24, 2.45) is 11.3 Å². The molecule has 0 bridgehead atoms. The van der Waals surface area contributed by atoms with E-state index >= 15 is 0 Å². The highest BCUT2D eigenvalue weighted by atomic mass is 19.3. The molecule has 3 rings (SSSR count). The van der Waals surface area contributed by atoms with Gasteiger partial charge in [-0.25, -0.2) is 13.8 Å². The minimum absolute atomic E-state index is 0.347. The van der Waals surface area contributed by atoms with Crippen LogP contribution in [-0.4, -0.2) is 14.8 Å². The number of nitrogens with zero attached hydrogens (tertiary/aromatic N) is 3. The zero-order chi connectivity index (χ0) is 12.6. The molecule has 0 aromatic carbocycles. The van der Waals surface area contributed by atoms with Gasteiger partial charge in [0.1, 0.15) is 6.33 Å². The third kappa shape index (κ3) is 2.27. The molecule has 1 aromatic rings. The molecule has 1 aromatic heterocycles. The second-order valence-electron chi connectivity index (χ2n) is 5.76. The summed E-state index contributed by atoms with van der Waals surface area (Å²) in [6.07, 6.45) is 8.05. The van der Waals surface area contributed by atoms with Gasteiger partial charge in [0.25, 0.3) is 6.43 Å². The SMILES string of the molecule is FC(F)c1ncn(CCC2CCCCC23CC3)n1. The number of halogens is 2. The fourth-order valence-corrected chi connectivity index (χ4v) is 3.45. The fraction of sp³-hybridized carbons (Fsp3) is 0.846. The van der Waals surface area contributed by atoms with Crippen molar-refractivity contribution in [3.63, 3.8) is 0 Å². The Morgan fingerprint density at radius 3 is 2.83 bits per heavy atom. The lowest BCUT2D eigenvalue weighted by Gasteiger charge is -2.31. The van der Waals surface area contributed by atoms with Crippen LogP contribution in [0.1, 0.15) is 57.2 Å². The summed E-state index contributed by atoms with van der Waals surface area (Å²) >= 11 is 0. The van der Waals surface area contributed by atoms with E-state index in [0.29, 0.717) is 5.41 Å². The monoisotopic (exact) mass is 255 g/mol. The van der Waals surface area contributed by atoms with Crippen LogP contribution in [0.3, 0.4) is 0 Å². The van der Waals surface area contributed by atoms with Crippen molar-refractivity contribution in [3.05, 3.63) is 12.2 Å². The van der Waals surface area contributed by atoms with E-state index in [-0.39, 0.29) is 5.82 Å². The minimum Gasteiger partial charge on any atom is -0.252 e. The van der Waals surface area contributed by atoms with Gasteiger partial charge in [-0.05, 0) is 43.4 Å². The molecule has 0 N–H and O–H groups in total. The van der Waals surface area contributed by atoms with E-state index in [4.69, 9.17) is 0 Å². The van der Waals surface area contributed by atoms with Crippen molar-refractivity contribution in [1.29, 1.82) is 0 Å². The number of aryl methyl sites for hydroxylation is 1. The van der Waals surface area contributed by atoms with Gasteiger partial charge in [0.05, 0.1) is 0 Å². The van der Waals surface area contributed by atoms with Crippen LogP contribution in [0.5, 0.6) is 0 Å². The van der Waals surface area contributed by atoms with Crippen molar-refractivity contribution in [3.8, 4) is 0 Å². The predicted octanol–water partition coefficient (Wildman–Crippen LogP) is 3.58. The predicted molar refractivity (Wildman–Crippen MR) is 63.2 cm³/mol. The second kappa shape index (κ2) is 4.59. The van der Waals surface area contributed by atoms with E-state index in [1.807, 2.05) is 0 Å². The van der Waals surface area contributed by atoms with E-state index in [9.17, 15) is 8.78 Å². The summed E-state index contributed by atoms with van der Waals surface area (Å²) in [6, 6.07) is 0. The summed E-state index contributed by atoms with van der Waals surface area (Å²) in [4.78, 5) is 3.63. The molecule has 2 fully saturated rings. The molecule has 1 atom stereocenters. The van der Waals surface area contributed by atoms with Gasteiger partial charge in [-0.3, -0.25) is 4.68 Å². The maximum atomic E-state index is 12.4. The Labute approximate surface area is 106 Å². The normalized spacial score (nSPS) is 25.8. The lowest BCUT2D eigenvalue weighted by molar-refractivity contribution is 0.139. The fourth-order valence-electron chi connectivity index (χ4n) is 3.45. The first-order valence-corrected chi connectivity index (χ1v) is 6.87. The zero-order valence-corrected chi connectivity index (χ0v) is 10.5.